The summed E-state index contributed by atoms with van der Waals surface area (Å²) in [6.07, 6.45) is 10.2. The summed E-state index contributed by atoms with van der Waals surface area (Å²) >= 11 is 0. The smallest absolute Gasteiger partial charge is 0.227 e. The molecule has 0 aromatic carbocycles. The SMILES string of the molecule is CC(C)(C)N1CC(C(=O)N2CCC(NC(=O)CCC3CCCCC3)CC2)CC1=O. The van der Waals surface area contributed by atoms with E-state index in [0.717, 1.165) is 25.2 Å². The first-order valence-electron chi connectivity index (χ1n) is 11.6. The van der Waals surface area contributed by atoms with Crippen LogP contribution in [0.15, 0.2) is 0 Å². The van der Waals surface area contributed by atoms with Crippen LogP contribution in [0.1, 0.15) is 85.0 Å². The number of nitrogens with zero attached hydrogens (tertiary/aromatic N) is 2. The third kappa shape index (κ3) is 5.95. The Kier molecular flexibility index (Phi) is 7.23. The average molecular weight is 406 g/mol. The van der Waals surface area contributed by atoms with Crippen LogP contribution < -0.4 is 5.32 Å². The van der Waals surface area contributed by atoms with Crippen molar-refractivity contribution in [1.29, 1.82) is 0 Å². The maximum absolute atomic E-state index is 12.9. The first-order valence-corrected chi connectivity index (χ1v) is 11.6. The van der Waals surface area contributed by atoms with Crippen LogP contribution in [0.25, 0.3) is 0 Å². The number of rotatable bonds is 5. The minimum Gasteiger partial charge on any atom is -0.353 e. The molecular formula is C23H39N3O3. The average Bonchev–Trinajstić information content (AvgIpc) is 3.09. The molecule has 3 fully saturated rings. The molecule has 6 heteroatoms. The molecule has 29 heavy (non-hydrogen) atoms. The summed E-state index contributed by atoms with van der Waals surface area (Å²) in [5, 5.41) is 3.18. The Labute approximate surface area is 175 Å². The Morgan fingerprint density at radius 3 is 2.28 bits per heavy atom. The molecule has 2 heterocycles. The molecule has 0 spiro atoms. The monoisotopic (exact) mass is 405 g/mol. The number of piperidine rings is 1. The van der Waals surface area contributed by atoms with Crippen molar-refractivity contribution in [2.24, 2.45) is 11.8 Å². The highest BCUT2D eigenvalue weighted by atomic mass is 16.2. The number of carbonyl (C=O) groups is 3. The predicted molar refractivity (Wildman–Crippen MR) is 113 cm³/mol. The lowest BCUT2D eigenvalue weighted by Gasteiger charge is -2.35. The van der Waals surface area contributed by atoms with Crippen molar-refractivity contribution in [2.75, 3.05) is 19.6 Å². The quantitative estimate of drug-likeness (QED) is 0.764. The number of likely N-dealkylation sites (tertiary alicyclic amines) is 2. The molecule has 3 aliphatic rings. The third-order valence-corrected chi connectivity index (χ3v) is 6.96. The van der Waals surface area contributed by atoms with Crippen LogP contribution in [-0.2, 0) is 14.4 Å². The van der Waals surface area contributed by atoms with Gasteiger partial charge in [-0.15, -0.1) is 0 Å². The lowest BCUT2D eigenvalue weighted by atomic mass is 9.86. The van der Waals surface area contributed by atoms with Gasteiger partial charge in [-0.05, 0) is 46.0 Å². The zero-order valence-electron chi connectivity index (χ0n) is 18.5. The number of carbonyl (C=O) groups excluding carboxylic acids is 3. The number of amides is 3. The predicted octanol–water partition coefficient (Wildman–Crippen LogP) is 3.10. The molecular weight excluding hydrogens is 366 g/mol. The van der Waals surface area contributed by atoms with Crippen LogP contribution >= 0.6 is 0 Å². The van der Waals surface area contributed by atoms with E-state index in [1.807, 2.05) is 30.6 Å². The van der Waals surface area contributed by atoms with Crippen LogP contribution in [-0.4, -0.2) is 58.7 Å². The Morgan fingerprint density at radius 2 is 1.69 bits per heavy atom. The normalized spacial score (nSPS) is 24.8. The second kappa shape index (κ2) is 9.48. The van der Waals surface area contributed by atoms with E-state index in [0.29, 0.717) is 32.5 Å². The van der Waals surface area contributed by atoms with E-state index in [1.165, 1.54) is 32.1 Å². The molecule has 1 unspecified atom stereocenters. The maximum Gasteiger partial charge on any atom is 0.227 e. The number of nitrogens with one attached hydrogen (secondary N) is 1. The van der Waals surface area contributed by atoms with E-state index in [4.69, 9.17) is 0 Å². The van der Waals surface area contributed by atoms with Gasteiger partial charge in [-0.1, -0.05) is 32.1 Å². The van der Waals surface area contributed by atoms with Gasteiger partial charge in [0.2, 0.25) is 17.7 Å². The lowest BCUT2D eigenvalue weighted by molar-refractivity contribution is -0.137. The highest BCUT2D eigenvalue weighted by Gasteiger charge is 2.41. The fraction of sp³-hybridized carbons (Fsp3) is 0.870. The van der Waals surface area contributed by atoms with Crippen molar-refractivity contribution in [3.63, 3.8) is 0 Å². The Balaban J connectivity index is 1.38. The van der Waals surface area contributed by atoms with Crippen LogP contribution in [0, 0.1) is 11.8 Å². The summed E-state index contributed by atoms with van der Waals surface area (Å²) in [5.41, 5.74) is -0.235. The van der Waals surface area contributed by atoms with E-state index in [-0.39, 0.29) is 35.2 Å². The molecule has 1 aliphatic carbocycles. The van der Waals surface area contributed by atoms with Gasteiger partial charge < -0.3 is 15.1 Å². The fourth-order valence-corrected chi connectivity index (χ4v) is 5.13. The van der Waals surface area contributed by atoms with Gasteiger partial charge in [0.15, 0.2) is 0 Å². The lowest BCUT2D eigenvalue weighted by Crippen LogP contribution is -2.48. The van der Waals surface area contributed by atoms with Gasteiger partial charge in [-0.25, -0.2) is 0 Å². The molecule has 0 aromatic heterocycles. The molecule has 1 N–H and O–H groups in total. The van der Waals surface area contributed by atoms with Gasteiger partial charge >= 0.3 is 0 Å². The molecule has 164 valence electrons. The molecule has 0 radical (unpaired) electrons. The zero-order chi connectivity index (χ0) is 21.0. The topological polar surface area (TPSA) is 69.7 Å². The standard InChI is InChI=1S/C23H39N3O3/c1-23(2,3)26-16-18(15-21(26)28)22(29)25-13-11-19(12-14-25)24-20(27)10-9-17-7-5-4-6-8-17/h17-19H,4-16H2,1-3H3,(H,24,27). The van der Waals surface area contributed by atoms with Gasteiger partial charge in [0.05, 0.1) is 5.92 Å². The van der Waals surface area contributed by atoms with E-state index >= 15 is 0 Å². The van der Waals surface area contributed by atoms with Crippen molar-refractivity contribution < 1.29 is 14.4 Å². The molecule has 3 amide bonds. The number of hydrogen-bond donors (Lipinski definition) is 1. The van der Waals surface area contributed by atoms with Gasteiger partial charge in [-0.3, -0.25) is 14.4 Å². The summed E-state index contributed by atoms with van der Waals surface area (Å²) in [6, 6.07) is 0.175. The van der Waals surface area contributed by atoms with E-state index in [2.05, 4.69) is 5.32 Å². The van der Waals surface area contributed by atoms with Crippen LogP contribution in [0.3, 0.4) is 0 Å². The number of hydrogen-bond acceptors (Lipinski definition) is 3. The Morgan fingerprint density at radius 1 is 1.03 bits per heavy atom. The summed E-state index contributed by atoms with van der Waals surface area (Å²) in [5.74, 6) is 0.866. The molecule has 3 rings (SSSR count). The Hall–Kier alpha value is -1.59. The molecule has 0 bridgehead atoms. The highest BCUT2D eigenvalue weighted by Crippen LogP contribution is 2.29. The van der Waals surface area contributed by atoms with Crippen LogP contribution in [0.5, 0.6) is 0 Å². The van der Waals surface area contributed by atoms with Crippen molar-refractivity contribution in [3.05, 3.63) is 0 Å². The maximum atomic E-state index is 12.9. The fourth-order valence-electron chi connectivity index (χ4n) is 5.13. The second-order valence-corrected chi connectivity index (χ2v) is 10.3. The van der Waals surface area contributed by atoms with E-state index in [9.17, 15) is 14.4 Å². The molecule has 1 atom stereocenters. The van der Waals surface area contributed by atoms with Crippen LogP contribution in [0.2, 0.25) is 0 Å². The van der Waals surface area contributed by atoms with Gasteiger partial charge in [-0.2, -0.15) is 0 Å². The minimum absolute atomic E-state index is 0.0796. The van der Waals surface area contributed by atoms with Crippen molar-refractivity contribution in [1.82, 2.24) is 15.1 Å². The summed E-state index contributed by atoms with van der Waals surface area (Å²) in [6.45, 7) is 7.92. The van der Waals surface area contributed by atoms with Gasteiger partial charge in [0.25, 0.3) is 0 Å². The molecule has 2 saturated heterocycles. The van der Waals surface area contributed by atoms with Crippen molar-refractivity contribution >= 4 is 17.7 Å². The zero-order valence-corrected chi connectivity index (χ0v) is 18.5. The van der Waals surface area contributed by atoms with E-state index < -0.39 is 0 Å². The molecule has 0 aromatic rings. The van der Waals surface area contributed by atoms with Gasteiger partial charge in [0, 0.05) is 44.1 Å². The summed E-state index contributed by atoms with van der Waals surface area (Å²) < 4.78 is 0. The summed E-state index contributed by atoms with van der Waals surface area (Å²) in [4.78, 5) is 41.2. The van der Waals surface area contributed by atoms with Crippen molar-refractivity contribution in [3.8, 4) is 0 Å². The highest BCUT2D eigenvalue weighted by molar-refractivity contribution is 5.89. The molecule has 6 nitrogen and oxygen atoms in total. The Bertz CT molecular complexity index is 599. The first kappa shape index (κ1) is 22.1. The third-order valence-electron chi connectivity index (χ3n) is 6.96. The summed E-state index contributed by atoms with van der Waals surface area (Å²) in [7, 11) is 0. The molecule has 1 saturated carbocycles. The van der Waals surface area contributed by atoms with Crippen LogP contribution in [0.4, 0.5) is 0 Å². The van der Waals surface area contributed by atoms with E-state index in [1.54, 1.807) is 0 Å². The van der Waals surface area contributed by atoms with Gasteiger partial charge in [0.1, 0.15) is 0 Å². The first-order chi connectivity index (χ1) is 13.7. The second-order valence-electron chi connectivity index (χ2n) is 10.3. The largest absolute Gasteiger partial charge is 0.353 e. The molecule has 2 aliphatic heterocycles. The van der Waals surface area contributed by atoms with Crippen molar-refractivity contribution in [2.45, 2.75) is 96.6 Å². The minimum atomic E-state index is -0.235.